The molecule has 1 aromatic carbocycles. The maximum absolute atomic E-state index is 13.0. The number of benzene rings is 1. The molecule has 1 aromatic rings. The Labute approximate surface area is 298 Å². The lowest BCUT2D eigenvalue weighted by Crippen LogP contribution is -2.68. The molecule has 3 saturated heterocycles. The molecule has 0 unspecified atom stereocenters. The number of nitrogens with zero attached hydrogens (tertiary/aromatic N) is 2. The molecule has 1 spiro atoms. The van der Waals surface area contributed by atoms with Crippen LogP contribution in [-0.4, -0.2) is 154 Å². The largest absolute Gasteiger partial charge is 0.496 e. The number of rotatable bonds is 11. The van der Waals surface area contributed by atoms with Crippen molar-refractivity contribution in [1.29, 1.82) is 0 Å². The van der Waals surface area contributed by atoms with E-state index in [1.54, 1.807) is 51.7 Å². The second kappa shape index (κ2) is 16.0. The summed E-state index contributed by atoms with van der Waals surface area (Å²) in [5, 5.41) is 49.4. The first-order valence-electron chi connectivity index (χ1n) is 17.3. The number of nitrogens with one attached hydrogen (secondary N) is 2. The third-order valence-corrected chi connectivity index (χ3v) is 9.87. The first-order chi connectivity index (χ1) is 23.8. The molecule has 3 heterocycles. The smallest absolute Gasteiger partial charge is 0.410 e. The van der Waals surface area contributed by atoms with Crippen LogP contribution in [0.15, 0.2) is 12.1 Å². The summed E-state index contributed by atoms with van der Waals surface area (Å²) < 4.78 is 22.9. The number of carboxylic acid groups (broad SMARTS) is 1. The molecule has 16 heteroatoms. The number of aliphatic hydroxyl groups excluding tert-OH is 3. The first kappa shape index (κ1) is 40.2. The monoisotopic (exact) mass is 722 g/mol. The van der Waals surface area contributed by atoms with Crippen LogP contribution in [0.1, 0.15) is 68.4 Å². The number of aliphatic carboxylic acids is 1. The molecule has 16 nitrogen and oxygen atoms in total. The molecule has 3 aliphatic rings. The van der Waals surface area contributed by atoms with Crippen molar-refractivity contribution < 1.29 is 58.6 Å². The second-order valence-corrected chi connectivity index (χ2v) is 15.0. The minimum Gasteiger partial charge on any atom is -0.496 e. The van der Waals surface area contributed by atoms with Crippen molar-refractivity contribution >= 4 is 23.9 Å². The number of amides is 3. The lowest BCUT2D eigenvalue weighted by molar-refractivity contribution is -0.231. The van der Waals surface area contributed by atoms with Gasteiger partial charge in [-0.3, -0.25) is 14.5 Å². The SMILES string of the molecule is COc1c(C)cc(C(=O)NC[C@@H](O)[C@@H](O)[C@@H]2O[C@@](CCN3CCOC[C@@]34CCN(C(=O)OC(C)(C)C)C4)(C(=O)O)C[C@H](O)[C@H]2NC(C)=O)cc1C. The van der Waals surface area contributed by atoms with E-state index in [1.165, 1.54) is 14.0 Å². The Morgan fingerprint density at radius 1 is 1.12 bits per heavy atom. The Morgan fingerprint density at radius 3 is 2.37 bits per heavy atom. The van der Waals surface area contributed by atoms with Crippen LogP contribution in [0.3, 0.4) is 0 Å². The lowest BCUT2D eigenvalue weighted by atomic mass is 9.81. The van der Waals surface area contributed by atoms with E-state index >= 15 is 0 Å². The van der Waals surface area contributed by atoms with Gasteiger partial charge < -0.3 is 54.9 Å². The molecule has 0 bridgehead atoms. The van der Waals surface area contributed by atoms with Crippen molar-refractivity contribution in [3.05, 3.63) is 28.8 Å². The number of aliphatic hydroxyl groups is 3. The zero-order valence-corrected chi connectivity index (χ0v) is 30.6. The molecular formula is C35H54N4O12. The second-order valence-electron chi connectivity index (χ2n) is 15.0. The Morgan fingerprint density at radius 2 is 1.78 bits per heavy atom. The third-order valence-electron chi connectivity index (χ3n) is 9.87. The fraction of sp³-hybridized carbons (Fsp3) is 0.714. The van der Waals surface area contributed by atoms with Gasteiger partial charge in [0.1, 0.15) is 23.6 Å². The number of morpholine rings is 1. The number of hydrogen-bond acceptors (Lipinski definition) is 12. The van der Waals surface area contributed by atoms with Gasteiger partial charge in [0.2, 0.25) is 5.91 Å². The van der Waals surface area contributed by atoms with E-state index in [9.17, 15) is 39.6 Å². The topological polar surface area (TPSA) is 217 Å². The minimum absolute atomic E-state index is 0.132. The summed E-state index contributed by atoms with van der Waals surface area (Å²) in [5.41, 5.74) is -1.54. The molecule has 3 aliphatic heterocycles. The van der Waals surface area contributed by atoms with Gasteiger partial charge in [-0.05, 0) is 64.3 Å². The maximum atomic E-state index is 13.0. The predicted octanol–water partition coefficient (Wildman–Crippen LogP) is 0.343. The van der Waals surface area contributed by atoms with E-state index in [0.717, 1.165) is 11.1 Å². The van der Waals surface area contributed by atoms with Crippen molar-refractivity contribution in [2.24, 2.45) is 0 Å². The summed E-state index contributed by atoms with van der Waals surface area (Å²) >= 11 is 0. The van der Waals surface area contributed by atoms with E-state index in [0.29, 0.717) is 50.6 Å². The van der Waals surface area contributed by atoms with Gasteiger partial charge in [0.15, 0.2) is 5.60 Å². The lowest BCUT2D eigenvalue weighted by Gasteiger charge is -2.49. The zero-order valence-electron chi connectivity index (χ0n) is 30.6. The van der Waals surface area contributed by atoms with Crippen molar-refractivity contribution in [3.8, 4) is 5.75 Å². The van der Waals surface area contributed by atoms with Crippen LogP contribution in [0, 0.1) is 13.8 Å². The zero-order chi connectivity index (χ0) is 37.9. The van der Waals surface area contributed by atoms with Gasteiger partial charge in [-0.1, -0.05) is 0 Å². The average molecular weight is 723 g/mol. The molecule has 286 valence electrons. The summed E-state index contributed by atoms with van der Waals surface area (Å²) in [7, 11) is 1.53. The number of hydrogen-bond donors (Lipinski definition) is 6. The molecule has 0 radical (unpaired) electrons. The van der Waals surface area contributed by atoms with Gasteiger partial charge in [0, 0.05) is 58.1 Å². The predicted molar refractivity (Wildman–Crippen MR) is 182 cm³/mol. The van der Waals surface area contributed by atoms with Gasteiger partial charge in [-0.25, -0.2) is 9.59 Å². The van der Waals surface area contributed by atoms with Gasteiger partial charge >= 0.3 is 12.1 Å². The number of likely N-dealkylation sites (tertiary alicyclic amines) is 1. The summed E-state index contributed by atoms with van der Waals surface area (Å²) in [6.07, 6.45) is -6.98. The molecule has 4 rings (SSSR count). The fourth-order valence-corrected chi connectivity index (χ4v) is 7.35. The molecular weight excluding hydrogens is 668 g/mol. The molecule has 0 aromatic heterocycles. The van der Waals surface area contributed by atoms with Crippen molar-refractivity contribution in [3.63, 3.8) is 0 Å². The van der Waals surface area contributed by atoms with Crippen molar-refractivity contribution in [2.45, 2.75) is 108 Å². The summed E-state index contributed by atoms with van der Waals surface area (Å²) in [6, 6.07) is 1.98. The molecule has 0 aliphatic carbocycles. The van der Waals surface area contributed by atoms with Crippen molar-refractivity contribution in [2.75, 3.05) is 53.0 Å². The molecule has 3 amide bonds. The van der Waals surface area contributed by atoms with Gasteiger partial charge in [0.05, 0.1) is 44.1 Å². The Kier molecular flexibility index (Phi) is 12.6. The van der Waals surface area contributed by atoms with Crippen LogP contribution in [-0.2, 0) is 23.8 Å². The number of carbonyl (C=O) groups excluding carboxylic acids is 3. The molecule has 7 atom stereocenters. The van der Waals surface area contributed by atoms with Gasteiger partial charge in [-0.2, -0.15) is 0 Å². The average Bonchev–Trinajstić information content (AvgIpc) is 3.47. The minimum atomic E-state index is -2.02. The van der Waals surface area contributed by atoms with Crippen LogP contribution in [0.25, 0.3) is 0 Å². The highest BCUT2D eigenvalue weighted by molar-refractivity contribution is 5.95. The molecule has 6 N–H and O–H groups in total. The Hall–Kier alpha value is -3.54. The van der Waals surface area contributed by atoms with E-state index in [4.69, 9.17) is 18.9 Å². The highest BCUT2D eigenvalue weighted by atomic mass is 16.6. The molecule has 3 fully saturated rings. The van der Waals surface area contributed by atoms with Gasteiger partial charge in [0.25, 0.3) is 5.91 Å². The van der Waals surface area contributed by atoms with E-state index in [1.807, 2.05) is 0 Å². The quantitative estimate of drug-likeness (QED) is 0.182. The molecule has 51 heavy (non-hydrogen) atoms. The van der Waals surface area contributed by atoms with E-state index in [2.05, 4.69) is 15.5 Å². The van der Waals surface area contributed by atoms with E-state index in [-0.39, 0.29) is 13.0 Å². The summed E-state index contributed by atoms with van der Waals surface area (Å²) in [5.74, 6) is -1.86. The van der Waals surface area contributed by atoms with Crippen molar-refractivity contribution in [1.82, 2.24) is 20.4 Å². The number of aryl methyl sites for hydroxylation is 2. The van der Waals surface area contributed by atoms with Crippen LogP contribution in [0.2, 0.25) is 0 Å². The van der Waals surface area contributed by atoms with Crippen LogP contribution in [0.5, 0.6) is 5.75 Å². The standard InChI is InChI=1S/C35H54N4O12/c1-20-14-23(15-21(2)28(20)48-7)30(44)36-17-25(42)27(43)29-26(37-22(3)40)24(41)16-35(50-29,31(45)46)9-11-39-12-13-49-19-34(39)8-10-38(18-34)32(47)51-33(4,5)6/h14-15,24-27,29,41-43H,8-13,16-19H2,1-7H3,(H,36,44)(H,37,40)(H,45,46)/t24-,25+,26+,27+,29+,34-,35+/m0/s1. The van der Waals surface area contributed by atoms with E-state index < -0.39 is 84.0 Å². The summed E-state index contributed by atoms with van der Waals surface area (Å²) in [6.45, 7) is 11.8. The van der Waals surface area contributed by atoms with Crippen LogP contribution in [0.4, 0.5) is 4.79 Å². The first-order valence-corrected chi connectivity index (χ1v) is 17.3. The highest BCUT2D eigenvalue weighted by Gasteiger charge is 2.55. The number of carboxylic acids is 1. The Bertz CT molecular complexity index is 1430. The maximum Gasteiger partial charge on any atom is 0.410 e. The highest BCUT2D eigenvalue weighted by Crippen LogP contribution is 2.38. The van der Waals surface area contributed by atoms with Crippen LogP contribution >= 0.6 is 0 Å². The number of ether oxygens (including phenoxy) is 4. The molecule has 0 saturated carbocycles. The normalized spacial score (nSPS) is 28.2. The fourth-order valence-electron chi connectivity index (χ4n) is 7.35. The summed E-state index contributed by atoms with van der Waals surface area (Å²) in [4.78, 5) is 54.6. The Balaban J connectivity index is 1.50. The number of carbonyl (C=O) groups is 4. The third kappa shape index (κ3) is 9.28. The van der Waals surface area contributed by atoms with Gasteiger partial charge in [-0.15, -0.1) is 0 Å². The number of methoxy groups -OCH3 is 1. The van der Waals surface area contributed by atoms with Crippen LogP contribution < -0.4 is 15.4 Å².